The van der Waals surface area contributed by atoms with E-state index >= 15 is 0 Å². The van der Waals surface area contributed by atoms with E-state index in [4.69, 9.17) is 10.00 Å². The minimum Gasteiger partial charge on any atom is -0.461 e. The molecule has 0 fully saturated rings. The first-order chi connectivity index (χ1) is 10.5. The van der Waals surface area contributed by atoms with Gasteiger partial charge < -0.3 is 4.74 Å². The molecule has 0 aromatic carbocycles. The molecule has 0 unspecified atom stereocenters. The van der Waals surface area contributed by atoms with E-state index in [-0.39, 0.29) is 34.7 Å². The molecule has 1 N–H and O–H groups in total. The van der Waals surface area contributed by atoms with Crippen LogP contribution in [0.2, 0.25) is 0 Å². The van der Waals surface area contributed by atoms with Gasteiger partial charge in [-0.1, -0.05) is 23.1 Å². The summed E-state index contributed by atoms with van der Waals surface area (Å²) in [4.78, 5) is 31.2. The van der Waals surface area contributed by atoms with E-state index in [1.165, 1.54) is 11.3 Å². The van der Waals surface area contributed by atoms with Crippen molar-refractivity contribution in [1.29, 1.82) is 5.26 Å². The summed E-state index contributed by atoms with van der Waals surface area (Å²) < 4.78 is 4.89. The lowest BCUT2D eigenvalue weighted by Crippen LogP contribution is -2.09. The van der Waals surface area contributed by atoms with Crippen LogP contribution < -0.4 is 5.43 Å². The number of rotatable bonds is 5. The lowest BCUT2D eigenvalue weighted by molar-refractivity contribution is -0.115. The molecule has 0 radical (unpaired) electrons. The third-order valence-corrected chi connectivity index (χ3v) is 4.22. The van der Waals surface area contributed by atoms with Crippen molar-refractivity contribution in [1.82, 2.24) is 4.98 Å². The molecule has 1 aliphatic rings. The monoisotopic (exact) mass is 337 g/mol. The Kier molecular flexibility index (Phi) is 5.24. The van der Waals surface area contributed by atoms with Crippen LogP contribution in [0.1, 0.15) is 22.3 Å². The topological polar surface area (TPSA) is 117 Å². The van der Waals surface area contributed by atoms with Crippen molar-refractivity contribution in [2.75, 3.05) is 17.8 Å². The number of hydrazone groups is 1. The van der Waals surface area contributed by atoms with Gasteiger partial charge in [-0.3, -0.25) is 10.2 Å². The minimum atomic E-state index is -0.505. The summed E-state index contributed by atoms with van der Waals surface area (Å²) in [5, 5.41) is 13.6. The molecule has 10 heteroatoms. The summed E-state index contributed by atoms with van der Waals surface area (Å²) in [5.74, 6) is -0.591. The van der Waals surface area contributed by atoms with Gasteiger partial charge in [-0.2, -0.15) is 10.4 Å². The normalized spacial score (nSPS) is 14.5. The molecule has 0 atom stereocenters. The SMILES string of the molecule is CCOC(=O)c1nc(N/N=C(/C#N)C2=NC(=O)CS2)sc1C. The first-order valence-corrected chi connectivity index (χ1v) is 7.98. The Morgan fingerprint density at radius 3 is 2.95 bits per heavy atom. The predicted molar refractivity (Wildman–Crippen MR) is 84.4 cm³/mol. The molecule has 22 heavy (non-hydrogen) atoms. The van der Waals surface area contributed by atoms with E-state index in [0.29, 0.717) is 10.0 Å². The first kappa shape index (κ1) is 16.1. The Morgan fingerprint density at radius 1 is 1.59 bits per heavy atom. The first-order valence-electron chi connectivity index (χ1n) is 6.18. The molecular formula is C12H11N5O3S2. The van der Waals surface area contributed by atoms with E-state index in [9.17, 15) is 9.59 Å². The Morgan fingerprint density at radius 2 is 2.36 bits per heavy atom. The maximum Gasteiger partial charge on any atom is 0.358 e. The van der Waals surface area contributed by atoms with Crippen molar-refractivity contribution in [3.63, 3.8) is 0 Å². The predicted octanol–water partition coefficient (Wildman–Crippen LogP) is 1.59. The van der Waals surface area contributed by atoms with Crippen LogP contribution in [0.4, 0.5) is 5.13 Å². The van der Waals surface area contributed by atoms with Crippen LogP contribution in [0.25, 0.3) is 0 Å². The van der Waals surface area contributed by atoms with Crippen LogP contribution in [0.3, 0.4) is 0 Å². The Balaban J connectivity index is 2.14. The molecule has 1 aliphatic heterocycles. The number of thiazole rings is 1. The maximum atomic E-state index is 11.7. The molecule has 8 nitrogen and oxygen atoms in total. The van der Waals surface area contributed by atoms with E-state index in [0.717, 1.165) is 11.8 Å². The van der Waals surface area contributed by atoms with Crippen LogP contribution >= 0.6 is 23.1 Å². The third kappa shape index (κ3) is 3.69. The van der Waals surface area contributed by atoms with Crippen LogP contribution in [0, 0.1) is 18.3 Å². The standard InChI is InChI=1S/C12H11N5O3S2/c1-3-20-11(19)9-6(2)22-12(15-9)17-16-7(4-13)10-14-8(18)5-21-10/h3,5H2,1-2H3,(H,15,17)/b16-7-. The van der Waals surface area contributed by atoms with E-state index in [2.05, 4.69) is 20.5 Å². The largest absolute Gasteiger partial charge is 0.461 e. The number of hydrogen-bond donors (Lipinski definition) is 1. The van der Waals surface area contributed by atoms with Gasteiger partial charge in [-0.15, -0.1) is 0 Å². The van der Waals surface area contributed by atoms with Gasteiger partial charge >= 0.3 is 5.97 Å². The van der Waals surface area contributed by atoms with Gasteiger partial charge in [0.2, 0.25) is 5.13 Å². The number of ether oxygens (including phenoxy) is 1. The van der Waals surface area contributed by atoms with Crippen LogP contribution in [0.5, 0.6) is 0 Å². The van der Waals surface area contributed by atoms with Crippen LogP contribution in [-0.4, -0.2) is 40.0 Å². The number of carbonyl (C=O) groups excluding carboxylic acids is 2. The number of esters is 1. The fraction of sp³-hybridized carbons (Fsp3) is 0.333. The van der Waals surface area contributed by atoms with Crippen molar-refractivity contribution in [2.24, 2.45) is 10.1 Å². The number of aliphatic imine (C=N–C) groups is 1. The molecular weight excluding hydrogens is 326 g/mol. The van der Waals surface area contributed by atoms with E-state index in [1.54, 1.807) is 13.8 Å². The summed E-state index contributed by atoms with van der Waals surface area (Å²) in [6, 6.07) is 1.87. The number of carbonyl (C=O) groups is 2. The molecule has 114 valence electrons. The zero-order chi connectivity index (χ0) is 16.1. The molecule has 2 heterocycles. The molecule has 1 amide bonds. The molecule has 0 spiro atoms. The van der Waals surface area contributed by atoms with Gasteiger partial charge in [-0.05, 0) is 13.8 Å². The Labute approximate surface area is 134 Å². The van der Waals surface area contributed by atoms with Gasteiger partial charge in [-0.25, -0.2) is 14.8 Å². The van der Waals surface area contributed by atoms with E-state index in [1.807, 2.05) is 6.07 Å². The van der Waals surface area contributed by atoms with Gasteiger partial charge in [0.15, 0.2) is 11.4 Å². The van der Waals surface area contributed by atoms with Gasteiger partial charge in [0, 0.05) is 4.88 Å². The highest BCUT2D eigenvalue weighted by atomic mass is 32.2. The number of thioether (sulfide) groups is 1. The number of aryl methyl sites for hydroxylation is 1. The van der Waals surface area contributed by atoms with Crippen LogP contribution in [-0.2, 0) is 9.53 Å². The molecule has 1 aromatic rings. The molecule has 0 saturated carbocycles. The zero-order valence-corrected chi connectivity index (χ0v) is 13.4. The zero-order valence-electron chi connectivity index (χ0n) is 11.7. The van der Waals surface area contributed by atoms with Gasteiger partial charge in [0.25, 0.3) is 5.91 Å². The lowest BCUT2D eigenvalue weighted by atomic mass is 10.4. The molecule has 2 rings (SSSR count). The summed E-state index contributed by atoms with van der Waals surface area (Å²) in [6.07, 6.45) is 0. The smallest absolute Gasteiger partial charge is 0.358 e. The summed E-state index contributed by atoms with van der Waals surface area (Å²) >= 11 is 2.37. The second kappa shape index (κ2) is 7.15. The van der Waals surface area contributed by atoms with Gasteiger partial charge in [0.1, 0.15) is 11.1 Å². The van der Waals surface area contributed by atoms with Crippen molar-refractivity contribution in [3.05, 3.63) is 10.6 Å². The Bertz CT molecular complexity index is 717. The average Bonchev–Trinajstić information content (AvgIpc) is 3.06. The molecule has 1 aromatic heterocycles. The molecule has 0 bridgehead atoms. The minimum absolute atomic E-state index is 0.00128. The number of amides is 1. The maximum absolute atomic E-state index is 11.7. The second-order valence-electron chi connectivity index (χ2n) is 3.93. The average molecular weight is 337 g/mol. The number of nitriles is 1. The quantitative estimate of drug-likeness (QED) is 0.492. The van der Waals surface area contributed by atoms with Crippen molar-refractivity contribution in [2.45, 2.75) is 13.8 Å². The highest BCUT2D eigenvalue weighted by molar-refractivity contribution is 8.16. The van der Waals surface area contributed by atoms with Crippen molar-refractivity contribution < 1.29 is 14.3 Å². The number of hydrogen-bond acceptors (Lipinski definition) is 9. The lowest BCUT2D eigenvalue weighted by Gasteiger charge is -1.98. The van der Waals surface area contributed by atoms with E-state index < -0.39 is 5.97 Å². The number of aromatic nitrogens is 1. The highest BCUT2D eigenvalue weighted by Crippen LogP contribution is 2.23. The fourth-order valence-electron chi connectivity index (χ4n) is 1.49. The van der Waals surface area contributed by atoms with Crippen molar-refractivity contribution in [3.8, 4) is 6.07 Å². The molecule has 0 aliphatic carbocycles. The summed E-state index contributed by atoms with van der Waals surface area (Å²) in [7, 11) is 0. The second-order valence-corrected chi connectivity index (χ2v) is 6.09. The Hall–Kier alpha value is -2.25. The number of anilines is 1. The van der Waals surface area contributed by atoms with Crippen molar-refractivity contribution >= 4 is 50.9 Å². The summed E-state index contributed by atoms with van der Waals surface area (Å²) in [5.41, 5.74) is 2.82. The highest BCUT2D eigenvalue weighted by Gasteiger charge is 2.20. The van der Waals surface area contributed by atoms with Crippen LogP contribution in [0.15, 0.2) is 10.1 Å². The third-order valence-electron chi connectivity index (χ3n) is 2.40. The van der Waals surface area contributed by atoms with Gasteiger partial charge in [0.05, 0.1) is 12.4 Å². The fourth-order valence-corrected chi connectivity index (χ4v) is 2.95. The number of nitrogens with zero attached hydrogens (tertiary/aromatic N) is 4. The summed E-state index contributed by atoms with van der Waals surface area (Å²) in [6.45, 7) is 3.71. The molecule has 0 saturated heterocycles. The number of nitrogens with one attached hydrogen (secondary N) is 1.